The van der Waals surface area contributed by atoms with Crippen LogP contribution < -0.4 is 0 Å². The van der Waals surface area contributed by atoms with E-state index in [4.69, 9.17) is 5.26 Å². The smallest absolute Gasteiger partial charge is 0.165 e. The number of halogens is 1. The summed E-state index contributed by atoms with van der Waals surface area (Å²) in [5.74, 6) is -0.508. The van der Waals surface area contributed by atoms with Gasteiger partial charge < -0.3 is 0 Å². The molecule has 0 saturated carbocycles. The van der Waals surface area contributed by atoms with Crippen molar-refractivity contribution < 1.29 is 9.18 Å². The van der Waals surface area contributed by atoms with Gasteiger partial charge in [0.1, 0.15) is 5.82 Å². The highest BCUT2D eigenvalue weighted by molar-refractivity contribution is 5.96. The Morgan fingerprint density at radius 2 is 1.88 bits per heavy atom. The summed E-state index contributed by atoms with van der Waals surface area (Å²) in [6.45, 7) is 0. The molecule has 3 aromatic rings. The molecule has 0 spiro atoms. The monoisotopic (exact) mass is 320 g/mol. The quantitative estimate of drug-likeness (QED) is 0.677. The van der Waals surface area contributed by atoms with Gasteiger partial charge in [0.15, 0.2) is 5.78 Å². The van der Waals surface area contributed by atoms with Crippen LogP contribution in [0.2, 0.25) is 0 Å². The van der Waals surface area contributed by atoms with Crippen molar-refractivity contribution in [2.75, 3.05) is 0 Å². The number of ketones is 1. The summed E-state index contributed by atoms with van der Waals surface area (Å²) >= 11 is 0. The van der Waals surface area contributed by atoms with Crippen LogP contribution in [-0.2, 0) is 0 Å². The van der Waals surface area contributed by atoms with Crippen LogP contribution in [0.5, 0.6) is 0 Å². The fraction of sp³-hybridized carbons (Fsp3) is 0.111. The lowest BCUT2D eigenvalue weighted by Gasteiger charge is -2.17. The van der Waals surface area contributed by atoms with Crippen molar-refractivity contribution in [1.82, 2.24) is 15.0 Å². The summed E-state index contributed by atoms with van der Waals surface area (Å²) in [6.07, 6.45) is 3.38. The number of rotatable bonds is 5. The first-order chi connectivity index (χ1) is 11.7. The molecular weight excluding hydrogens is 307 g/mol. The Balaban J connectivity index is 1.89. The Kier molecular flexibility index (Phi) is 4.43. The Morgan fingerprint density at radius 3 is 2.46 bits per heavy atom. The second kappa shape index (κ2) is 6.84. The first-order valence-corrected chi connectivity index (χ1v) is 7.32. The van der Waals surface area contributed by atoms with Gasteiger partial charge in [-0.3, -0.25) is 4.79 Å². The molecule has 118 valence electrons. The van der Waals surface area contributed by atoms with E-state index in [0.29, 0.717) is 11.1 Å². The third kappa shape index (κ3) is 3.36. The Bertz CT molecular complexity index is 865. The molecular formula is C18H13FN4O. The van der Waals surface area contributed by atoms with E-state index in [1.807, 2.05) is 0 Å². The average Bonchev–Trinajstić information content (AvgIpc) is 3.14. The SMILES string of the molecule is N#Cc1ccc(C(CC(=O)c2ccc(F)cc2)n2ccnn2)cc1. The second-order valence-corrected chi connectivity index (χ2v) is 5.27. The van der Waals surface area contributed by atoms with Gasteiger partial charge in [0.2, 0.25) is 0 Å². The van der Waals surface area contributed by atoms with Crippen LogP contribution >= 0.6 is 0 Å². The van der Waals surface area contributed by atoms with E-state index in [9.17, 15) is 9.18 Å². The maximum Gasteiger partial charge on any atom is 0.165 e. The molecule has 0 fully saturated rings. The zero-order valence-corrected chi connectivity index (χ0v) is 12.6. The molecule has 1 heterocycles. The molecule has 0 N–H and O–H groups in total. The van der Waals surface area contributed by atoms with Crippen molar-refractivity contribution in [3.63, 3.8) is 0 Å². The van der Waals surface area contributed by atoms with Crippen molar-refractivity contribution in [1.29, 1.82) is 5.26 Å². The van der Waals surface area contributed by atoms with Crippen molar-refractivity contribution in [3.05, 3.63) is 83.4 Å². The van der Waals surface area contributed by atoms with Crippen LogP contribution in [0.25, 0.3) is 0 Å². The van der Waals surface area contributed by atoms with Crippen LogP contribution in [0.3, 0.4) is 0 Å². The number of carbonyl (C=O) groups excluding carboxylic acids is 1. The molecule has 24 heavy (non-hydrogen) atoms. The average molecular weight is 320 g/mol. The molecule has 3 rings (SSSR count). The summed E-state index contributed by atoms with van der Waals surface area (Å²) < 4.78 is 14.6. The topological polar surface area (TPSA) is 71.6 Å². The van der Waals surface area contributed by atoms with E-state index in [-0.39, 0.29) is 24.1 Å². The van der Waals surface area contributed by atoms with Gasteiger partial charge in [-0.25, -0.2) is 9.07 Å². The summed E-state index contributed by atoms with van der Waals surface area (Å²) in [4.78, 5) is 12.5. The molecule has 5 nitrogen and oxygen atoms in total. The number of nitrogens with zero attached hydrogens (tertiary/aromatic N) is 4. The third-order valence-corrected chi connectivity index (χ3v) is 3.73. The molecule has 2 aromatic carbocycles. The third-order valence-electron chi connectivity index (χ3n) is 3.73. The summed E-state index contributed by atoms with van der Waals surface area (Å²) in [5, 5.41) is 16.7. The van der Waals surface area contributed by atoms with Crippen LogP contribution in [0.1, 0.15) is 33.9 Å². The lowest BCUT2D eigenvalue weighted by Crippen LogP contribution is -2.16. The molecule has 6 heteroatoms. The lowest BCUT2D eigenvalue weighted by atomic mass is 9.97. The van der Waals surface area contributed by atoms with Gasteiger partial charge in [-0.15, -0.1) is 5.10 Å². The second-order valence-electron chi connectivity index (χ2n) is 5.27. The number of aromatic nitrogens is 3. The van der Waals surface area contributed by atoms with Crippen molar-refractivity contribution in [3.8, 4) is 6.07 Å². The van der Waals surface area contributed by atoms with Crippen LogP contribution in [0.15, 0.2) is 60.9 Å². The minimum absolute atomic E-state index is 0.125. The maximum absolute atomic E-state index is 13.0. The molecule has 0 aliphatic rings. The molecule has 0 saturated heterocycles. The number of benzene rings is 2. The normalized spacial score (nSPS) is 11.7. The van der Waals surface area contributed by atoms with Crippen molar-refractivity contribution in [2.24, 2.45) is 0 Å². The molecule has 1 aromatic heterocycles. The van der Waals surface area contributed by atoms with Crippen LogP contribution in [0.4, 0.5) is 4.39 Å². The van der Waals surface area contributed by atoms with Gasteiger partial charge >= 0.3 is 0 Å². The number of Topliss-reactive ketones (excluding diaryl/α,β-unsaturated/α-hetero) is 1. The van der Waals surface area contributed by atoms with E-state index in [1.165, 1.54) is 24.3 Å². The van der Waals surface area contributed by atoms with Gasteiger partial charge in [0, 0.05) is 18.2 Å². The Hall–Kier alpha value is -3.33. The van der Waals surface area contributed by atoms with Gasteiger partial charge in [0.25, 0.3) is 0 Å². The summed E-state index contributed by atoms with van der Waals surface area (Å²) in [5.41, 5.74) is 1.83. The number of hydrogen-bond donors (Lipinski definition) is 0. The largest absolute Gasteiger partial charge is 0.294 e. The highest BCUT2D eigenvalue weighted by Crippen LogP contribution is 2.23. The van der Waals surface area contributed by atoms with Gasteiger partial charge in [-0.05, 0) is 42.0 Å². The molecule has 0 amide bonds. The fourth-order valence-corrected chi connectivity index (χ4v) is 2.46. The minimum Gasteiger partial charge on any atom is -0.294 e. The molecule has 1 unspecified atom stereocenters. The molecule has 0 radical (unpaired) electrons. The number of carbonyl (C=O) groups is 1. The van der Waals surface area contributed by atoms with Gasteiger partial charge in [0.05, 0.1) is 23.9 Å². The highest BCUT2D eigenvalue weighted by Gasteiger charge is 2.20. The zero-order valence-electron chi connectivity index (χ0n) is 12.6. The maximum atomic E-state index is 13.0. The predicted molar refractivity (Wildman–Crippen MR) is 84.7 cm³/mol. The Morgan fingerprint density at radius 1 is 1.17 bits per heavy atom. The summed E-state index contributed by atoms with van der Waals surface area (Å²) in [6, 6.07) is 14.2. The van der Waals surface area contributed by atoms with E-state index in [2.05, 4.69) is 16.4 Å². The van der Waals surface area contributed by atoms with Gasteiger partial charge in [-0.2, -0.15) is 5.26 Å². The van der Waals surface area contributed by atoms with Gasteiger partial charge in [-0.1, -0.05) is 17.3 Å². The summed E-state index contributed by atoms with van der Waals surface area (Å²) in [7, 11) is 0. The van der Waals surface area contributed by atoms with Crippen molar-refractivity contribution >= 4 is 5.78 Å². The molecule has 0 aliphatic carbocycles. The predicted octanol–water partition coefficient (Wildman–Crippen LogP) is 3.15. The first-order valence-electron chi connectivity index (χ1n) is 7.32. The molecule has 0 aliphatic heterocycles. The standard InChI is InChI=1S/C18H13FN4O/c19-16-7-5-15(6-8-16)18(24)11-17(23-10-9-21-22-23)14-3-1-13(12-20)2-4-14/h1-10,17H,11H2. The van der Waals surface area contributed by atoms with E-state index >= 15 is 0 Å². The number of hydrogen-bond acceptors (Lipinski definition) is 4. The van der Waals surface area contributed by atoms with E-state index < -0.39 is 0 Å². The molecule has 0 bridgehead atoms. The van der Waals surface area contributed by atoms with Crippen LogP contribution in [0, 0.1) is 17.1 Å². The Labute approximate surface area is 138 Å². The van der Waals surface area contributed by atoms with E-state index in [1.54, 1.807) is 41.3 Å². The van der Waals surface area contributed by atoms with Crippen LogP contribution in [-0.4, -0.2) is 20.8 Å². The van der Waals surface area contributed by atoms with E-state index in [0.717, 1.165) is 5.56 Å². The molecule has 1 atom stereocenters. The fourth-order valence-electron chi connectivity index (χ4n) is 2.46. The minimum atomic E-state index is -0.383. The first kappa shape index (κ1) is 15.6. The van der Waals surface area contributed by atoms with Crippen molar-refractivity contribution in [2.45, 2.75) is 12.5 Å². The lowest BCUT2D eigenvalue weighted by molar-refractivity contribution is 0.0967. The zero-order chi connectivity index (χ0) is 16.9. The highest BCUT2D eigenvalue weighted by atomic mass is 19.1. The number of nitriles is 1.